The van der Waals surface area contributed by atoms with E-state index in [1.165, 1.54) is 16.7 Å². The Labute approximate surface area is 296 Å². The van der Waals surface area contributed by atoms with Crippen LogP contribution in [0.4, 0.5) is 0 Å². The van der Waals surface area contributed by atoms with Crippen LogP contribution in [0.3, 0.4) is 0 Å². The zero-order valence-corrected chi connectivity index (χ0v) is 30.1. The zero-order chi connectivity index (χ0) is 35.2. The molecule has 0 unspecified atom stereocenters. The van der Waals surface area contributed by atoms with Crippen LogP contribution in [0.1, 0.15) is 77.0 Å². The van der Waals surface area contributed by atoms with Gasteiger partial charge >= 0.3 is 0 Å². The van der Waals surface area contributed by atoms with Crippen molar-refractivity contribution in [2.75, 3.05) is 0 Å². The van der Waals surface area contributed by atoms with Gasteiger partial charge in [0.2, 0.25) is 0 Å². The number of para-hydroxylation sites is 2. The summed E-state index contributed by atoms with van der Waals surface area (Å²) in [6.45, 7) is 15.8. The molecule has 0 aliphatic heterocycles. The average molecular weight is 656 g/mol. The van der Waals surface area contributed by atoms with E-state index in [9.17, 15) is 5.11 Å². The highest BCUT2D eigenvalue weighted by molar-refractivity contribution is 5.98. The molecule has 0 amide bonds. The number of phenolic OH excluding ortho intramolecular Hbond substituents is 1. The lowest BCUT2D eigenvalue weighted by Gasteiger charge is -2.24. The number of hydrogen-bond donors (Lipinski definition) is 1. The zero-order valence-electron chi connectivity index (χ0n) is 30.1. The fourth-order valence-electron chi connectivity index (χ4n) is 6.93. The summed E-state index contributed by atoms with van der Waals surface area (Å²) in [6.07, 6.45) is 1.85. The van der Waals surface area contributed by atoms with Gasteiger partial charge in [0.1, 0.15) is 11.6 Å². The standard InChI is InChI=1S/C46H45N3O/c1-29(2)36-19-15-20-37(30(3)4)44(36)49-41-28-35(46(5,6)7)27-39(43(41)48-45(49)38-18-11-12-22-42(38)50)33-24-32(31-16-9-8-10-17-31)25-34(26-33)40-21-13-14-23-47-40/h8-30,50H,1-7H3. The minimum absolute atomic E-state index is 0.146. The predicted molar refractivity (Wildman–Crippen MR) is 209 cm³/mol. The Balaban J connectivity index is 1.65. The third-order valence-electron chi connectivity index (χ3n) is 9.65. The first-order valence-electron chi connectivity index (χ1n) is 17.6. The number of nitrogens with zero attached hydrogens (tertiary/aromatic N) is 3. The van der Waals surface area contributed by atoms with E-state index < -0.39 is 0 Å². The Kier molecular flexibility index (Phi) is 8.65. The van der Waals surface area contributed by atoms with Crippen molar-refractivity contribution in [2.45, 2.75) is 65.7 Å². The lowest BCUT2D eigenvalue weighted by molar-refractivity contribution is 0.477. The average Bonchev–Trinajstić information content (AvgIpc) is 3.50. The molecule has 7 aromatic rings. The van der Waals surface area contributed by atoms with E-state index in [0.29, 0.717) is 5.56 Å². The van der Waals surface area contributed by atoms with Gasteiger partial charge in [-0.15, -0.1) is 0 Å². The number of aromatic nitrogens is 3. The fourth-order valence-corrected chi connectivity index (χ4v) is 6.93. The van der Waals surface area contributed by atoms with Gasteiger partial charge in [-0.2, -0.15) is 0 Å². The van der Waals surface area contributed by atoms with Crippen LogP contribution < -0.4 is 0 Å². The Hall–Kier alpha value is -5.48. The molecule has 5 aromatic carbocycles. The molecular formula is C46H45N3O. The SMILES string of the molecule is CC(C)c1cccc(C(C)C)c1-n1c(-c2ccccc2O)nc2c(-c3cc(-c4ccccc4)cc(-c4ccccn4)c3)cc(C(C)(C)C)cc21. The van der Waals surface area contributed by atoms with Crippen molar-refractivity contribution in [1.29, 1.82) is 0 Å². The number of benzene rings is 5. The minimum atomic E-state index is -0.146. The highest BCUT2D eigenvalue weighted by Crippen LogP contribution is 2.44. The van der Waals surface area contributed by atoms with E-state index in [1.54, 1.807) is 6.07 Å². The maximum absolute atomic E-state index is 11.4. The van der Waals surface area contributed by atoms with Crippen molar-refractivity contribution in [1.82, 2.24) is 14.5 Å². The molecule has 0 spiro atoms. The Bertz CT molecular complexity index is 2220. The van der Waals surface area contributed by atoms with E-state index >= 15 is 0 Å². The molecule has 2 heterocycles. The summed E-state index contributed by atoms with van der Waals surface area (Å²) in [7, 11) is 0. The fraction of sp³-hybridized carbons (Fsp3) is 0.217. The molecule has 4 nitrogen and oxygen atoms in total. The summed E-state index contributed by atoms with van der Waals surface area (Å²) in [5.74, 6) is 1.47. The molecule has 1 N–H and O–H groups in total. The van der Waals surface area contributed by atoms with Crippen LogP contribution in [0.15, 0.2) is 128 Å². The van der Waals surface area contributed by atoms with Gasteiger partial charge in [0.25, 0.3) is 0 Å². The van der Waals surface area contributed by atoms with Crippen molar-refractivity contribution in [3.05, 3.63) is 144 Å². The maximum Gasteiger partial charge on any atom is 0.149 e. The first-order valence-corrected chi connectivity index (χ1v) is 17.6. The van der Waals surface area contributed by atoms with E-state index in [1.807, 2.05) is 36.5 Å². The summed E-state index contributed by atoms with van der Waals surface area (Å²) in [5, 5.41) is 11.4. The van der Waals surface area contributed by atoms with E-state index in [2.05, 4.69) is 138 Å². The highest BCUT2D eigenvalue weighted by atomic mass is 16.3. The van der Waals surface area contributed by atoms with Gasteiger partial charge in [-0.3, -0.25) is 9.55 Å². The molecule has 0 bridgehead atoms. The van der Waals surface area contributed by atoms with Gasteiger partial charge in [0, 0.05) is 17.3 Å². The molecule has 4 heteroatoms. The molecular weight excluding hydrogens is 611 g/mol. The van der Waals surface area contributed by atoms with Crippen LogP contribution in [0.2, 0.25) is 0 Å². The maximum atomic E-state index is 11.4. The minimum Gasteiger partial charge on any atom is -0.507 e. The van der Waals surface area contributed by atoms with E-state index in [4.69, 9.17) is 9.97 Å². The predicted octanol–water partition coefficient (Wildman–Crippen LogP) is 12.3. The third-order valence-corrected chi connectivity index (χ3v) is 9.65. The molecule has 7 rings (SSSR count). The highest BCUT2D eigenvalue weighted by Gasteiger charge is 2.27. The molecule has 0 saturated heterocycles. The number of imidazole rings is 1. The molecule has 250 valence electrons. The Morgan fingerprint density at radius 3 is 1.88 bits per heavy atom. The van der Waals surface area contributed by atoms with Gasteiger partial charge in [0.15, 0.2) is 0 Å². The molecule has 0 fully saturated rings. The van der Waals surface area contributed by atoms with E-state index in [0.717, 1.165) is 56.1 Å². The summed E-state index contributed by atoms with van der Waals surface area (Å²) in [6, 6.07) is 42.2. The number of aromatic hydroxyl groups is 1. The smallest absolute Gasteiger partial charge is 0.149 e. The lowest BCUT2D eigenvalue weighted by atomic mass is 9.84. The van der Waals surface area contributed by atoms with Crippen LogP contribution >= 0.6 is 0 Å². The number of hydrogen-bond acceptors (Lipinski definition) is 3. The van der Waals surface area contributed by atoms with Crippen molar-refractivity contribution < 1.29 is 5.11 Å². The summed E-state index contributed by atoms with van der Waals surface area (Å²) in [4.78, 5) is 10.3. The quantitative estimate of drug-likeness (QED) is 0.186. The normalized spacial score (nSPS) is 11.9. The largest absolute Gasteiger partial charge is 0.507 e. The second-order valence-corrected chi connectivity index (χ2v) is 14.9. The number of rotatable bonds is 7. The first-order chi connectivity index (χ1) is 24.0. The van der Waals surface area contributed by atoms with Crippen LogP contribution in [0.5, 0.6) is 5.75 Å². The third kappa shape index (κ3) is 6.11. The molecule has 50 heavy (non-hydrogen) atoms. The van der Waals surface area contributed by atoms with Gasteiger partial charge in [-0.1, -0.05) is 115 Å². The van der Waals surface area contributed by atoms with Crippen LogP contribution in [-0.4, -0.2) is 19.6 Å². The van der Waals surface area contributed by atoms with Crippen molar-refractivity contribution in [3.8, 4) is 56.3 Å². The second-order valence-electron chi connectivity index (χ2n) is 14.9. The number of pyridine rings is 1. The summed E-state index contributed by atoms with van der Waals surface area (Å²) >= 11 is 0. The lowest BCUT2D eigenvalue weighted by Crippen LogP contribution is -2.12. The first kappa shape index (κ1) is 33.0. The second kappa shape index (κ2) is 13.1. The monoisotopic (exact) mass is 655 g/mol. The van der Waals surface area contributed by atoms with Crippen molar-refractivity contribution in [3.63, 3.8) is 0 Å². The van der Waals surface area contributed by atoms with Crippen LogP contribution in [0.25, 0.3) is 61.6 Å². The van der Waals surface area contributed by atoms with Gasteiger partial charge in [-0.25, -0.2) is 4.98 Å². The van der Waals surface area contributed by atoms with Crippen molar-refractivity contribution in [2.24, 2.45) is 0 Å². The van der Waals surface area contributed by atoms with E-state index in [-0.39, 0.29) is 23.0 Å². The molecule has 0 radical (unpaired) electrons. The topological polar surface area (TPSA) is 50.9 Å². The molecule has 0 aliphatic carbocycles. The summed E-state index contributed by atoms with van der Waals surface area (Å²) < 4.78 is 2.33. The number of phenols is 1. The molecule has 0 aliphatic rings. The van der Waals surface area contributed by atoms with Crippen LogP contribution in [-0.2, 0) is 5.41 Å². The molecule has 0 saturated carbocycles. The van der Waals surface area contributed by atoms with Crippen LogP contribution in [0, 0.1) is 0 Å². The molecule has 2 aromatic heterocycles. The number of fused-ring (bicyclic) bond motifs is 1. The Morgan fingerprint density at radius 2 is 1.24 bits per heavy atom. The molecule has 0 atom stereocenters. The van der Waals surface area contributed by atoms with Gasteiger partial charge < -0.3 is 5.11 Å². The van der Waals surface area contributed by atoms with Gasteiger partial charge in [-0.05, 0) is 105 Å². The van der Waals surface area contributed by atoms with Gasteiger partial charge in [0.05, 0.1) is 28.0 Å². The van der Waals surface area contributed by atoms with Crippen molar-refractivity contribution >= 4 is 11.0 Å². The Morgan fingerprint density at radius 1 is 0.600 bits per heavy atom. The summed E-state index contributed by atoms with van der Waals surface area (Å²) in [5.41, 5.74) is 13.6.